The number of nitrogens with zero attached hydrogens (tertiary/aromatic N) is 10. The van der Waals surface area contributed by atoms with E-state index in [1.807, 2.05) is 109 Å². The predicted molar refractivity (Wildman–Crippen MR) is 394 cm³/mol. The van der Waals surface area contributed by atoms with Gasteiger partial charge in [-0.05, 0) is 170 Å². The van der Waals surface area contributed by atoms with E-state index >= 15 is 0 Å². The van der Waals surface area contributed by atoms with E-state index in [-0.39, 0.29) is 127 Å². The summed E-state index contributed by atoms with van der Waals surface area (Å²) in [5.41, 5.74) is -2.48. The molecule has 10 aromatic rings. The standard InChI is InChI=1S/C20H22FIN4O4.C16H14FIN4O4.C14H10FIN4O2.C6H3ClN2O4.C6H15NO2/c1-20(2,3)29-7-8-30-26-11-23-18-17(19(26)28)15(10-16(27)25(18)4)24-14-6-5-12(22)9-13(14)21;1-21-13(24)7-12(20-11-3-2-9(18)6-10(11)17)14-15(21)19-8-22(16(14)25)26-5-4-23;1-20-11(21)5-10(12-13(20)17-6-18-14(12)22)19-9-3-2-7(16)4-8(9)15;7-5-2-1-4(8(10)11)3-6(5)9(12)13;1-6(2,3)8-4-5-9-7/h5-6,9-11,24H,7-8H2,1-4H3;2-3,6-8,20,23H,4-5H2,1H3;2-6,19H,1H3,(H,17,18,22);1-3H;4-5,7H2,1-3H3. The quantitative estimate of drug-likeness (QED) is 0.0202. The van der Waals surface area contributed by atoms with Crippen LogP contribution in [0.1, 0.15) is 41.5 Å². The molecule has 0 aliphatic rings. The second-order valence-corrected chi connectivity index (χ2v) is 26.7. The van der Waals surface area contributed by atoms with E-state index in [0.29, 0.717) is 16.8 Å². The monoisotopic (exact) mass is 1750 g/mol. The number of hydrogen-bond acceptors (Lipinski definition) is 23. The number of aromatic nitrogens is 9. The number of nitrogens with two attached hydrogens (primary N) is 1. The molecule has 0 aliphatic carbocycles. The lowest BCUT2D eigenvalue weighted by atomic mass is 10.2. The molecule has 0 aliphatic heterocycles. The van der Waals surface area contributed by atoms with Gasteiger partial charge in [0.2, 0.25) is 0 Å². The highest BCUT2D eigenvalue weighted by Crippen LogP contribution is 2.30. The summed E-state index contributed by atoms with van der Waals surface area (Å²) in [5, 5.41) is 38.0. The van der Waals surface area contributed by atoms with Crippen LogP contribution in [0.2, 0.25) is 5.02 Å². The largest absolute Gasteiger partial charge is 0.407 e. The number of H-pyrrole nitrogens is 1. The van der Waals surface area contributed by atoms with Crippen LogP contribution >= 0.6 is 79.4 Å². The molecule has 38 heteroatoms. The van der Waals surface area contributed by atoms with E-state index in [4.69, 9.17) is 41.8 Å². The molecule has 31 nitrogen and oxygen atoms in total. The summed E-state index contributed by atoms with van der Waals surface area (Å²) in [6, 6.07) is 20.5. The number of aromatic amines is 1. The molecule has 100 heavy (non-hydrogen) atoms. The minimum absolute atomic E-state index is 0.0606. The Morgan fingerprint density at radius 2 is 0.940 bits per heavy atom. The van der Waals surface area contributed by atoms with Crippen molar-refractivity contribution in [2.45, 2.75) is 52.7 Å². The van der Waals surface area contributed by atoms with Gasteiger partial charge in [0.15, 0.2) is 16.9 Å². The number of halogens is 7. The number of benzene rings is 4. The van der Waals surface area contributed by atoms with Gasteiger partial charge in [0, 0.05) is 56.1 Å². The van der Waals surface area contributed by atoms with E-state index < -0.39 is 55.2 Å². The topological polar surface area (TPSA) is 396 Å². The van der Waals surface area contributed by atoms with Crippen LogP contribution < -0.4 is 64.9 Å². The Labute approximate surface area is 609 Å². The molecular formula is C62H64ClF3I3N15O16. The molecule has 0 saturated heterocycles. The van der Waals surface area contributed by atoms with Gasteiger partial charge in [-0.2, -0.15) is 0 Å². The van der Waals surface area contributed by atoms with Crippen LogP contribution in [0.15, 0.2) is 139 Å². The first-order chi connectivity index (χ1) is 47.0. The van der Waals surface area contributed by atoms with Crippen molar-refractivity contribution < 1.29 is 52.1 Å². The number of aliphatic hydroxyl groups excluding tert-OH is 1. The molecule has 7 N–H and O–H groups in total. The van der Waals surface area contributed by atoms with Crippen molar-refractivity contribution >= 4 is 158 Å². The normalized spacial score (nSPS) is 11.1. The van der Waals surface area contributed by atoms with Gasteiger partial charge in [-0.1, -0.05) is 11.6 Å². The van der Waals surface area contributed by atoms with Crippen molar-refractivity contribution in [1.82, 2.24) is 43.1 Å². The average molecular weight is 1750 g/mol. The second kappa shape index (κ2) is 35.9. The van der Waals surface area contributed by atoms with Crippen molar-refractivity contribution in [3.63, 3.8) is 0 Å². The predicted octanol–water partition coefficient (Wildman–Crippen LogP) is 8.79. The summed E-state index contributed by atoms with van der Waals surface area (Å²) in [6.45, 7) is 12.7. The molecule has 6 heterocycles. The number of aliphatic hydroxyl groups is 1. The number of fused-ring (bicyclic) bond motifs is 3. The Hall–Kier alpha value is -8.98. The average Bonchev–Trinajstić information content (AvgIpc) is 0.779. The molecule has 0 fully saturated rings. The van der Waals surface area contributed by atoms with Crippen molar-refractivity contribution in [2.24, 2.45) is 27.0 Å². The van der Waals surface area contributed by atoms with Gasteiger partial charge in [-0.3, -0.25) is 62.7 Å². The molecule has 10 rings (SSSR count). The second-order valence-electron chi connectivity index (χ2n) is 22.5. The molecule has 0 unspecified atom stereocenters. The molecule has 0 amide bonds. The number of hydrogen-bond donors (Lipinski definition) is 6. The van der Waals surface area contributed by atoms with Crippen LogP contribution in [0.4, 0.5) is 58.7 Å². The van der Waals surface area contributed by atoms with Crippen molar-refractivity contribution in [1.29, 1.82) is 0 Å². The summed E-state index contributed by atoms with van der Waals surface area (Å²) < 4.78 is 61.0. The Morgan fingerprint density at radius 1 is 0.550 bits per heavy atom. The molecule has 0 saturated carbocycles. The van der Waals surface area contributed by atoms with Crippen LogP contribution in [0.3, 0.4) is 0 Å². The first-order valence-electron chi connectivity index (χ1n) is 29.1. The van der Waals surface area contributed by atoms with E-state index in [9.17, 15) is 62.2 Å². The van der Waals surface area contributed by atoms with Crippen molar-refractivity contribution in [3.8, 4) is 0 Å². The van der Waals surface area contributed by atoms with Crippen molar-refractivity contribution in [3.05, 3.63) is 226 Å². The van der Waals surface area contributed by atoms with Gasteiger partial charge in [0.25, 0.3) is 44.7 Å². The third-order valence-corrected chi connectivity index (χ3v) is 15.4. The molecule has 4 aromatic carbocycles. The molecule has 0 spiro atoms. The third-order valence-electron chi connectivity index (χ3n) is 13.1. The van der Waals surface area contributed by atoms with E-state index in [2.05, 4.69) is 40.7 Å². The summed E-state index contributed by atoms with van der Waals surface area (Å²) in [4.78, 5) is 123. The molecule has 0 atom stereocenters. The number of aryl methyl sites for hydroxylation is 3. The minimum atomic E-state index is -0.769. The Kier molecular flexibility index (Phi) is 28.7. The fraction of sp³-hybridized carbons (Fsp3) is 0.274. The van der Waals surface area contributed by atoms with Gasteiger partial charge >= 0.3 is 0 Å². The fourth-order valence-corrected chi connectivity index (χ4v) is 9.92. The zero-order valence-corrected chi connectivity index (χ0v) is 61.6. The number of pyridine rings is 3. The lowest BCUT2D eigenvalue weighted by Crippen LogP contribution is -2.32. The van der Waals surface area contributed by atoms with E-state index in [0.717, 1.165) is 41.1 Å². The van der Waals surface area contributed by atoms with Crippen LogP contribution in [-0.4, -0.2) is 109 Å². The van der Waals surface area contributed by atoms with Crippen LogP contribution in [0.25, 0.3) is 33.1 Å². The lowest BCUT2D eigenvalue weighted by molar-refractivity contribution is -0.394. The number of ether oxygens (including phenoxy) is 2. The third kappa shape index (κ3) is 22.0. The number of nitro groups is 2. The van der Waals surface area contributed by atoms with Gasteiger partial charge in [0.05, 0.1) is 94.0 Å². The maximum Gasteiger partial charge on any atom is 0.297 e. The Bertz CT molecular complexity index is 5030. The fourth-order valence-electron chi connectivity index (χ4n) is 8.38. The summed E-state index contributed by atoms with van der Waals surface area (Å²) in [7, 11) is 4.51. The molecule has 532 valence electrons. The Morgan fingerprint density at radius 3 is 1.31 bits per heavy atom. The summed E-state index contributed by atoms with van der Waals surface area (Å²) in [6.07, 6.45) is 3.55. The first kappa shape index (κ1) is 80.0. The highest BCUT2D eigenvalue weighted by Gasteiger charge is 2.21. The van der Waals surface area contributed by atoms with Gasteiger partial charge in [-0.25, -0.2) is 34.0 Å². The molecular weight excluding hydrogens is 1680 g/mol. The smallest absolute Gasteiger partial charge is 0.297 e. The molecule has 6 aromatic heterocycles. The highest BCUT2D eigenvalue weighted by atomic mass is 127. The number of nitrogens with one attached hydrogen (secondary N) is 4. The maximum absolute atomic E-state index is 14.3. The van der Waals surface area contributed by atoms with Crippen LogP contribution in [-0.2, 0) is 35.5 Å². The van der Waals surface area contributed by atoms with E-state index in [1.165, 1.54) is 96.0 Å². The minimum Gasteiger partial charge on any atom is -0.407 e. The van der Waals surface area contributed by atoms with Gasteiger partial charge < -0.3 is 50.0 Å². The lowest BCUT2D eigenvalue weighted by Gasteiger charge is -2.19. The van der Waals surface area contributed by atoms with Crippen LogP contribution in [0, 0.1) is 48.4 Å². The summed E-state index contributed by atoms with van der Waals surface area (Å²) in [5.74, 6) is 3.28. The zero-order chi connectivity index (χ0) is 74.1. The van der Waals surface area contributed by atoms with Gasteiger partial charge in [-0.15, -0.1) is 9.46 Å². The number of non-ortho nitro benzene ring substituents is 1. The summed E-state index contributed by atoms with van der Waals surface area (Å²) >= 11 is 11.4. The number of anilines is 6. The zero-order valence-electron chi connectivity index (χ0n) is 54.4. The number of rotatable bonds is 18. The number of nitro benzene ring substituents is 2. The first-order valence-corrected chi connectivity index (χ1v) is 32.7. The van der Waals surface area contributed by atoms with E-state index in [1.54, 1.807) is 24.3 Å². The Balaban J connectivity index is 0.000000207. The van der Waals surface area contributed by atoms with Crippen LogP contribution in [0.5, 0.6) is 0 Å². The molecule has 0 radical (unpaired) electrons. The van der Waals surface area contributed by atoms with Gasteiger partial charge in [0.1, 0.15) is 64.5 Å². The highest BCUT2D eigenvalue weighted by molar-refractivity contribution is 14.1. The molecule has 0 bridgehead atoms. The van der Waals surface area contributed by atoms with Crippen molar-refractivity contribution in [2.75, 3.05) is 55.6 Å². The SMILES string of the molecule is CC(C)(C)OCCON.Cn1c(=O)cc(Nc2ccc(I)cc2F)c2c(=O)[nH]cnc21.Cn1c(=O)cc(Nc2ccc(I)cc2F)c2c(=O)n(OCCO)cnc21.Cn1c(=O)cc(Nc2ccc(I)cc2F)c2c(=O)n(OCCOC(C)(C)C)cnc21.O=[N+]([O-])c1ccc(Cl)c([N+](=O)[O-])c1. The maximum atomic E-state index is 14.3.